The number of hydrogen-bond donors (Lipinski definition) is 0. The van der Waals surface area contributed by atoms with Crippen LogP contribution in [0.5, 0.6) is 0 Å². The van der Waals surface area contributed by atoms with Crippen molar-refractivity contribution in [3.63, 3.8) is 0 Å². The van der Waals surface area contributed by atoms with E-state index in [2.05, 4.69) is 0 Å². The van der Waals surface area contributed by atoms with Crippen molar-refractivity contribution >= 4 is 65.4 Å². The third-order valence-electron chi connectivity index (χ3n) is 10.3. The monoisotopic (exact) mass is 746 g/mol. The third kappa shape index (κ3) is 4.73. The van der Waals surface area contributed by atoms with E-state index in [1.807, 2.05) is 30.3 Å². The van der Waals surface area contributed by atoms with Gasteiger partial charge in [0.25, 0.3) is 0 Å². The number of benzene rings is 9. The van der Waals surface area contributed by atoms with Crippen LogP contribution >= 0.6 is 0 Å². The Hall–Kier alpha value is -7.62. The largest absolute Gasteiger partial charge is 0.309 e. The van der Waals surface area contributed by atoms with Crippen molar-refractivity contribution in [2.75, 3.05) is 0 Å². The lowest BCUT2D eigenvalue weighted by Gasteiger charge is -2.15. The van der Waals surface area contributed by atoms with Crippen molar-refractivity contribution in [2.24, 2.45) is 0 Å². The number of rotatable bonds is 5. The van der Waals surface area contributed by atoms with E-state index < -0.39 is 166 Å². The van der Waals surface area contributed by atoms with Crippen molar-refractivity contribution in [1.29, 1.82) is 0 Å². The Kier molecular flexibility index (Phi) is 3.81. The van der Waals surface area contributed by atoms with Crippen LogP contribution < -0.4 is 0 Å². The Morgan fingerprint density at radius 1 is 0.333 bits per heavy atom. The highest BCUT2D eigenvalue weighted by Crippen LogP contribution is 2.43. The van der Waals surface area contributed by atoms with Crippen molar-refractivity contribution in [2.45, 2.75) is 0 Å². The lowest BCUT2D eigenvalue weighted by atomic mass is 9.99. The SMILES string of the molecule is [2H]c1c([2H])c([2H])c2c(c1[2H])c1c([2H])c([2H])c([2H])c(-c3c([2H])c([2H])c4c(c3[2H])c3c([2H])c([2H])c([2H])c([2H])c3n4-c3c([2H])c([2H])c([2H])c4c5c([2H])c([2H])c([2H])c([2H])c5n(-c5ccccc5)c34)c1n2-c1cccc(-c2ccccc2)c1. The minimum atomic E-state index is -0.845. The zero-order valence-electron chi connectivity index (χ0n) is 50.4. The van der Waals surface area contributed by atoms with Gasteiger partial charge in [0.05, 0.1) is 67.6 Å². The van der Waals surface area contributed by atoms with Gasteiger partial charge in [0.15, 0.2) is 0 Å². The van der Waals surface area contributed by atoms with Crippen molar-refractivity contribution in [3.8, 4) is 39.3 Å². The van der Waals surface area contributed by atoms with Crippen LogP contribution in [-0.2, 0) is 0 Å². The zero-order valence-corrected chi connectivity index (χ0v) is 29.4. The summed E-state index contributed by atoms with van der Waals surface area (Å²) in [5, 5.41) is -1.83. The van der Waals surface area contributed by atoms with Gasteiger partial charge in [-0.25, -0.2) is 0 Å². The van der Waals surface area contributed by atoms with Gasteiger partial charge in [-0.3, -0.25) is 0 Å². The first-order chi connectivity index (χ1) is 37.1. The van der Waals surface area contributed by atoms with Crippen molar-refractivity contribution in [1.82, 2.24) is 13.7 Å². The molecule has 0 N–H and O–H groups in total. The number of hydrogen-bond acceptors (Lipinski definition) is 0. The molecule has 57 heavy (non-hydrogen) atoms. The Bertz CT molecular complexity index is 4740. The second kappa shape index (κ2) is 12.5. The molecule has 0 bridgehead atoms. The molecule has 12 rings (SSSR count). The van der Waals surface area contributed by atoms with Gasteiger partial charge in [-0.2, -0.15) is 0 Å². The molecule has 0 spiro atoms. The smallest absolute Gasteiger partial charge is 0.0782 e. The van der Waals surface area contributed by atoms with E-state index >= 15 is 0 Å². The van der Waals surface area contributed by atoms with Crippen LogP contribution in [0.3, 0.4) is 0 Å². The van der Waals surface area contributed by atoms with Gasteiger partial charge in [0.1, 0.15) is 0 Å². The quantitative estimate of drug-likeness (QED) is 0.167. The van der Waals surface area contributed by atoms with Gasteiger partial charge < -0.3 is 13.7 Å². The molecule has 0 saturated carbocycles. The summed E-state index contributed by atoms with van der Waals surface area (Å²) < 4.78 is 200. The molecule has 0 fully saturated rings. The minimum Gasteiger partial charge on any atom is -0.309 e. The molecule has 3 heterocycles. The summed E-state index contributed by atoms with van der Waals surface area (Å²) >= 11 is 0. The summed E-state index contributed by atoms with van der Waals surface area (Å²) in [6.45, 7) is 0. The van der Waals surface area contributed by atoms with Gasteiger partial charge in [0, 0.05) is 49.3 Å². The van der Waals surface area contributed by atoms with Crippen LogP contribution in [0, 0.1) is 0 Å². The highest BCUT2D eigenvalue weighted by molar-refractivity contribution is 6.17. The molecule has 0 aliphatic carbocycles. The summed E-state index contributed by atoms with van der Waals surface area (Å²) in [4.78, 5) is 0. The third-order valence-corrected chi connectivity index (χ3v) is 10.3. The van der Waals surface area contributed by atoms with E-state index in [4.69, 9.17) is 9.60 Å². The maximum atomic E-state index is 10.3. The molecule has 3 heteroatoms. The second-order valence-electron chi connectivity index (χ2n) is 13.3. The second-order valence-corrected chi connectivity index (χ2v) is 13.3. The molecule has 0 atom stereocenters. The summed E-state index contributed by atoms with van der Waals surface area (Å²) in [6, 6.07) is 9.16. The fraction of sp³-hybridized carbons (Fsp3) is 0. The molecular weight excluding hydrogens is 691 g/mol. The molecule has 0 unspecified atom stereocenters. The minimum absolute atomic E-state index is 0.177. The van der Waals surface area contributed by atoms with Crippen LogP contribution in [0.4, 0.5) is 0 Å². The molecule has 0 aliphatic heterocycles. The number of fused-ring (bicyclic) bond motifs is 9. The predicted octanol–water partition coefficient (Wildman–Crippen LogP) is 14.3. The van der Waals surface area contributed by atoms with Crippen LogP contribution in [0.1, 0.15) is 28.8 Å². The maximum absolute atomic E-state index is 10.3. The molecule has 0 aliphatic rings. The molecular formula is C54H35N3. The summed E-state index contributed by atoms with van der Waals surface area (Å²) in [7, 11) is 0. The van der Waals surface area contributed by atoms with Gasteiger partial charge in [-0.15, -0.1) is 0 Å². The van der Waals surface area contributed by atoms with Crippen LogP contribution in [0.2, 0.25) is 0 Å². The first kappa shape index (κ1) is 17.5. The summed E-state index contributed by atoms with van der Waals surface area (Å²) in [5.74, 6) is 0. The average molecular weight is 747 g/mol. The predicted molar refractivity (Wildman–Crippen MR) is 240 cm³/mol. The highest BCUT2D eigenvalue weighted by Gasteiger charge is 2.22. The lowest BCUT2D eigenvalue weighted by molar-refractivity contribution is 1.13. The molecule has 0 amide bonds. The van der Waals surface area contributed by atoms with Crippen LogP contribution in [0.15, 0.2) is 212 Å². The van der Waals surface area contributed by atoms with E-state index in [9.17, 15) is 19.2 Å². The van der Waals surface area contributed by atoms with E-state index in [1.165, 1.54) is 9.13 Å². The molecule has 3 nitrogen and oxygen atoms in total. The van der Waals surface area contributed by atoms with Gasteiger partial charge in [-0.1, -0.05) is 151 Å². The molecule has 3 aromatic heterocycles. The lowest BCUT2D eigenvalue weighted by Crippen LogP contribution is -2.00. The Morgan fingerprint density at radius 2 is 0.860 bits per heavy atom. The maximum Gasteiger partial charge on any atom is 0.0782 e. The van der Waals surface area contributed by atoms with Gasteiger partial charge in [-0.05, 0) is 77.2 Å². The highest BCUT2D eigenvalue weighted by atomic mass is 15.1. The zero-order chi connectivity index (χ0) is 55.7. The Labute approximate surface area is 359 Å². The van der Waals surface area contributed by atoms with Crippen LogP contribution in [-0.4, -0.2) is 13.7 Å². The fourth-order valence-corrected chi connectivity index (χ4v) is 7.88. The van der Waals surface area contributed by atoms with Crippen LogP contribution in [0.25, 0.3) is 105 Å². The van der Waals surface area contributed by atoms with Crippen molar-refractivity contribution in [3.05, 3.63) is 212 Å². The summed E-state index contributed by atoms with van der Waals surface area (Å²) in [5.41, 5.74) is -1.35. The van der Waals surface area contributed by atoms with E-state index in [0.29, 0.717) is 5.56 Å². The summed E-state index contributed by atoms with van der Waals surface area (Å²) in [6.07, 6.45) is 0. The first-order valence-electron chi connectivity index (χ1n) is 28.4. The number of aromatic nitrogens is 3. The topological polar surface area (TPSA) is 14.8 Å². The molecule has 266 valence electrons. The molecule has 0 saturated heterocycles. The normalized spacial score (nSPS) is 17.0. The first-order valence-corrected chi connectivity index (χ1v) is 17.9. The molecule has 9 aromatic carbocycles. The van der Waals surface area contributed by atoms with Gasteiger partial charge >= 0.3 is 0 Å². The Morgan fingerprint density at radius 3 is 1.58 bits per heavy atom. The number of nitrogens with zero attached hydrogens (tertiary/aromatic N) is 3. The molecule has 0 radical (unpaired) electrons. The fourth-order valence-electron chi connectivity index (χ4n) is 7.88. The van der Waals surface area contributed by atoms with E-state index in [1.54, 1.807) is 54.6 Å². The van der Waals surface area contributed by atoms with Gasteiger partial charge in [0.2, 0.25) is 0 Å². The average Bonchev–Trinajstić information content (AvgIpc) is 3.54. The van der Waals surface area contributed by atoms with Crippen molar-refractivity contribution < 1.29 is 28.8 Å². The standard InChI is InChI=1S/C54H35N3/c1-3-16-36(17-4-1)37-18-13-21-40(34-37)56-49-29-11-7-22-42(49)45-26-14-25-41(53(45)56)38-32-33-51-47(35-38)44-24-9-12-30-50(44)57(51)52-31-15-27-46-43-23-8-10-28-48(43)55(54(46)52)39-19-5-2-6-20-39/h1-35H/i7D,8D,9D,10D,11D,12D,14D,15D,22D,23D,24D,25D,26D,27D,28D,29D,30D,31D,32D,33D,35D. The molecule has 12 aromatic rings. The van der Waals surface area contributed by atoms with E-state index in [-0.39, 0.29) is 55.0 Å². The van der Waals surface area contributed by atoms with E-state index in [0.717, 1.165) is 10.1 Å². The number of para-hydroxylation sites is 6. The Balaban J connectivity index is 1.33.